The number of H-pyrrole nitrogens is 1. The van der Waals surface area contributed by atoms with Crippen molar-refractivity contribution < 1.29 is 23.9 Å². The van der Waals surface area contributed by atoms with Crippen LogP contribution in [0.15, 0.2) is 24.3 Å². The first-order valence-corrected chi connectivity index (χ1v) is 10.7. The Labute approximate surface area is 181 Å². The number of urea groups is 1. The highest BCUT2D eigenvalue weighted by Gasteiger charge is 2.50. The smallest absolute Gasteiger partial charge is 0.326 e. The lowest BCUT2D eigenvalue weighted by Crippen LogP contribution is -2.47. The lowest BCUT2D eigenvalue weighted by molar-refractivity contribution is -0.150. The molecule has 2 heterocycles. The minimum Gasteiger partial charge on any atom is -0.453 e. The van der Waals surface area contributed by atoms with Crippen molar-refractivity contribution in [3.05, 3.63) is 35.5 Å². The topological polar surface area (TPSA) is 109 Å². The summed E-state index contributed by atoms with van der Waals surface area (Å²) in [5.41, 5.74) is 1.01. The molecule has 0 spiro atoms. The summed E-state index contributed by atoms with van der Waals surface area (Å²) in [4.78, 5) is 54.8. The second-order valence-electron chi connectivity index (χ2n) is 8.07. The van der Waals surface area contributed by atoms with Gasteiger partial charge in [-0.1, -0.05) is 44.9 Å². The molecule has 3 rings (SSSR count). The highest BCUT2D eigenvalue weighted by molar-refractivity contribution is 6.12. The molecule has 1 aromatic carbocycles. The van der Waals surface area contributed by atoms with E-state index < -0.39 is 36.1 Å². The number of fused-ring (bicyclic) bond motifs is 1. The summed E-state index contributed by atoms with van der Waals surface area (Å²) in [5.74, 6) is -1.55. The molecule has 8 heteroatoms. The van der Waals surface area contributed by atoms with Crippen molar-refractivity contribution >= 4 is 34.6 Å². The summed E-state index contributed by atoms with van der Waals surface area (Å²) in [6, 6.07) is 6.79. The Morgan fingerprint density at radius 2 is 1.77 bits per heavy atom. The Balaban J connectivity index is 1.70. The van der Waals surface area contributed by atoms with Crippen LogP contribution in [0.2, 0.25) is 0 Å². The van der Waals surface area contributed by atoms with Gasteiger partial charge in [0.25, 0.3) is 5.91 Å². The normalized spacial score (nSPS) is 16.5. The third-order valence-corrected chi connectivity index (χ3v) is 5.70. The minimum atomic E-state index is -1.05. The summed E-state index contributed by atoms with van der Waals surface area (Å²) in [6.45, 7) is 6.63. The number of imide groups is 1. The lowest BCUT2D eigenvalue weighted by Gasteiger charge is -2.25. The van der Waals surface area contributed by atoms with E-state index in [4.69, 9.17) is 4.74 Å². The van der Waals surface area contributed by atoms with Gasteiger partial charge < -0.3 is 15.0 Å². The fourth-order valence-corrected chi connectivity index (χ4v) is 4.35. The first kappa shape index (κ1) is 22.5. The molecular weight excluding hydrogens is 398 g/mol. The van der Waals surface area contributed by atoms with Gasteiger partial charge in [0.1, 0.15) is 12.1 Å². The van der Waals surface area contributed by atoms with E-state index in [1.165, 1.54) is 6.92 Å². The van der Waals surface area contributed by atoms with Crippen molar-refractivity contribution in [2.45, 2.75) is 65.0 Å². The van der Waals surface area contributed by atoms with Crippen LogP contribution in [-0.4, -0.2) is 51.8 Å². The van der Waals surface area contributed by atoms with Crippen LogP contribution in [0.1, 0.15) is 62.5 Å². The maximum atomic E-state index is 13.0. The second-order valence-corrected chi connectivity index (χ2v) is 8.07. The Hall–Kier alpha value is -3.16. The first-order chi connectivity index (χ1) is 14.7. The Morgan fingerprint density at radius 1 is 1.13 bits per heavy atom. The molecule has 1 aliphatic rings. The second kappa shape index (κ2) is 8.91. The van der Waals surface area contributed by atoms with Crippen LogP contribution < -0.4 is 5.32 Å². The van der Waals surface area contributed by atoms with Gasteiger partial charge in [0.05, 0.1) is 0 Å². The number of amides is 3. The van der Waals surface area contributed by atoms with E-state index in [9.17, 15) is 19.2 Å². The van der Waals surface area contributed by atoms with Gasteiger partial charge in [0.15, 0.2) is 6.10 Å². The van der Waals surface area contributed by atoms with Crippen molar-refractivity contribution in [3.63, 3.8) is 0 Å². The number of para-hydroxylation sites is 1. The third-order valence-electron chi connectivity index (χ3n) is 5.70. The van der Waals surface area contributed by atoms with Crippen molar-refractivity contribution in [1.29, 1.82) is 0 Å². The molecule has 2 aromatic rings. The summed E-state index contributed by atoms with van der Waals surface area (Å²) in [5, 5.41) is 3.51. The Bertz CT molecular complexity index is 1020. The van der Waals surface area contributed by atoms with Crippen LogP contribution in [0.5, 0.6) is 0 Å². The van der Waals surface area contributed by atoms with Crippen LogP contribution in [0.4, 0.5) is 4.79 Å². The molecule has 0 saturated carbocycles. The number of esters is 1. The fourth-order valence-electron chi connectivity index (χ4n) is 4.35. The number of hydrogen-bond donors (Lipinski definition) is 2. The van der Waals surface area contributed by atoms with Gasteiger partial charge in [0.2, 0.25) is 5.78 Å². The summed E-state index contributed by atoms with van der Waals surface area (Å²) >= 11 is 0. The molecule has 1 aliphatic heterocycles. The molecule has 1 atom stereocenters. The predicted molar refractivity (Wildman–Crippen MR) is 116 cm³/mol. The molecule has 1 fully saturated rings. The molecule has 0 unspecified atom stereocenters. The van der Waals surface area contributed by atoms with E-state index in [0.717, 1.165) is 28.6 Å². The summed E-state index contributed by atoms with van der Waals surface area (Å²) < 4.78 is 5.31. The number of carbonyl (C=O) groups excluding carboxylic acids is 4. The Morgan fingerprint density at radius 3 is 2.42 bits per heavy atom. The van der Waals surface area contributed by atoms with Crippen molar-refractivity contribution in [3.8, 4) is 0 Å². The van der Waals surface area contributed by atoms with E-state index in [1.54, 1.807) is 6.92 Å². The molecule has 0 radical (unpaired) electrons. The highest BCUT2D eigenvalue weighted by Crippen LogP contribution is 2.28. The van der Waals surface area contributed by atoms with Gasteiger partial charge in [-0.3, -0.25) is 19.3 Å². The van der Waals surface area contributed by atoms with Crippen molar-refractivity contribution in [2.75, 3.05) is 6.54 Å². The molecule has 3 amide bonds. The average molecular weight is 428 g/mol. The van der Waals surface area contributed by atoms with Crippen LogP contribution in [0.25, 0.3) is 10.9 Å². The quantitative estimate of drug-likeness (QED) is 0.362. The van der Waals surface area contributed by atoms with Gasteiger partial charge >= 0.3 is 12.0 Å². The zero-order valence-electron chi connectivity index (χ0n) is 18.4. The van der Waals surface area contributed by atoms with Gasteiger partial charge in [-0.25, -0.2) is 4.79 Å². The monoisotopic (exact) mass is 427 g/mol. The number of aromatic amines is 1. The number of ether oxygens (including phenoxy) is 1. The zero-order valence-corrected chi connectivity index (χ0v) is 18.4. The van der Waals surface area contributed by atoms with Crippen LogP contribution in [-0.2, 0) is 14.3 Å². The number of hydrogen-bond acceptors (Lipinski definition) is 5. The number of carbonyl (C=O) groups is 4. The molecule has 166 valence electrons. The molecule has 0 bridgehead atoms. The predicted octanol–water partition coefficient (Wildman–Crippen LogP) is 3.48. The van der Waals surface area contributed by atoms with Crippen LogP contribution in [0, 0.1) is 6.92 Å². The van der Waals surface area contributed by atoms with Gasteiger partial charge in [-0.15, -0.1) is 0 Å². The molecular formula is C23H29N3O5. The van der Waals surface area contributed by atoms with Crippen molar-refractivity contribution in [1.82, 2.24) is 15.2 Å². The van der Waals surface area contributed by atoms with E-state index in [-0.39, 0.29) is 5.78 Å². The largest absolute Gasteiger partial charge is 0.453 e. The number of Topliss-reactive ketones (excluding diaryl/α,β-unsaturated/α-hetero) is 1. The number of aryl methyl sites for hydroxylation is 1. The van der Waals surface area contributed by atoms with Crippen LogP contribution >= 0.6 is 0 Å². The van der Waals surface area contributed by atoms with Gasteiger partial charge in [-0.05, 0) is 32.8 Å². The number of aromatic nitrogens is 1. The van der Waals surface area contributed by atoms with Crippen LogP contribution in [0.3, 0.4) is 0 Å². The van der Waals surface area contributed by atoms with Gasteiger partial charge in [0, 0.05) is 22.2 Å². The standard InChI is InChI=1S/C23H29N3O5/c1-5-11-23(12-6-2)21(29)26(22(30)25-23)13-18(27)31-15(4)20(28)19-14(3)24-17-10-8-7-9-16(17)19/h7-10,15,24H,5-6,11-13H2,1-4H3,(H,25,30)/t15-/m0/s1. The molecule has 0 aliphatic carbocycles. The van der Waals surface area contributed by atoms with E-state index in [0.29, 0.717) is 24.1 Å². The maximum Gasteiger partial charge on any atom is 0.326 e. The number of nitrogens with one attached hydrogen (secondary N) is 2. The summed E-state index contributed by atoms with van der Waals surface area (Å²) in [7, 11) is 0. The minimum absolute atomic E-state index is 0.341. The number of ketones is 1. The highest BCUT2D eigenvalue weighted by atomic mass is 16.5. The number of nitrogens with zero attached hydrogens (tertiary/aromatic N) is 1. The van der Waals surface area contributed by atoms with E-state index in [1.807, 2.05) is 38.1 Å². The third kappa shape index (κ3) is 4.19. The fraction of sp³-hybridized carbons (Fsp3) is 0.478. The average Bonchev–Trinajstić information content (AvgIpc) is 3.16. The molecule has 2 N–H and O–H groups in total. The lowest BCUT2D eigenvalue weighted by atomic mass is 9.88. The Kier molecular flexibility index (Phi) is 6.48. The molecule has 8 nitrogen and oxygen atoms in total. The molecule has 31 heavy (non-hydrogen) atoms. The number of rotatable bonds is 9. The number of benzene rings is 1. The molecule has 1 aromatic heterocycles. The van der Waals surface area contributed by atoms with Gasteiger partial charge in [-0.2, -0.15) is 0 Å². The SMILES string of the molecule is CCCC1(CCC)NC(=O)N(CC(=O)O[C@@H](C)C(=O)c2c(C)[nH]c3ccccc23)C1=O. The maximum absolute atomic E-state index is 13.0. The van der Waals surface area contributed by atoms with E-state index in [2.05, 4.69) is 10.3 Å². The first-order valence-electron chi connectivity index (χ1n) is 10.7. The molecule has 1 saturated heterocycles. The summed E-state index contributed by atoms with van der Waals surface area (Å²) in [6.07, 6.45) is 1.40. The van der Waals surface area contributed by atoms with Crippen molar-refractivity contribution in [2.24, 2.45) is 0 Å². The van der Waals surface area contributed by atoms with E-state index >= 15 is 0 Å². The zero-order chi connectivity index (χ0) is 22.8.